The van der Waals surface area contributed by atoms with Crippen LogP contribution in [0.15, 0.2) is 39.4 Å². The van der Waals surface area contributed by atoms with Crippen molar-refractivity contribution in [2.75, 3.05) is 0 Å². The van der Waals surface area contributed by atoms with Gasteiger partial charge in [-0.25, -0.2) is 19.2 Å². The van der Waals surface area contributed by atoms with E-state index in [9.17, 15) is 9.18 Å². The van der Waals surface area contributed by atoms with Crippen molar-refractivity contribution >= 4 is 17.7 Å². The smallest absolute Gasteiger partial charge is 0.338 e. The normalized spacial score (nSPS) is 10.3. The van der Waals surface area contributed by atoms with Crippen LogP contribution in [0, 0.1) is 5.82 Å². The van der Waals surface area contributed by atoms with Crippen molar-refractivity contribution < 1.29 is 18.7 Å². The molecule has 2 rings (SSSR count). The van der Waals surface area contributed by atoms with Crippen molar-refractivity contribution in [3.63, 3.8) is 0 Å². The predicted octanol–water partition coefficient (Wildman–Crippen LogP) is 2.06. The zero-order chi connectivity index (χ0) is 11.5. The van der Waals surface area contributed by atoms with Crippen LogP contribution in [-0.4, -0.2) is 21.0 Å². The summed E-state index contributed by atoms with van der Waals surface area (Å²) in [4.78, 5) is 18.2. The number of carboxylic acids is 1. The van der Waals surface area contributed by atoms with Gasteiger partial charge in [-0.1, -0.05) is 0 Å². The van der Waals surface area contributed by atoms with Crippen molar-refractivity contribution in [1.82, 2.24) is 9.97 Å². The number of carboxylic acid groups (broad SMARTS) is 1. The van der Waals surface area contributed by atoms with Gasteiger partial charge in [0.15, 0.2) is 5.82 Å². The van der Waals surface area contributed by atoms with E-state index in [1.807, 2.05) is 0 Å². The Morgan fingerprint density at radius 2 is 2.25 bits per heavy atom. The topological polar surface area (TPSA) is 76.2 Å². The first kappa shape index (κ1) is 10.6. The van der Waals surface area contributed by atoms with Crippen LogP contribution in [0.25, 0.3) is 0 Å². The average molecular weight is 240 g/mol. The summed E-state index contributed by atoms with van der Waals surface area (Å²) in [6.45, 7) is 0. The Morgan fingerprint density at radius 1 is 1.44 bits per heavy atom. The van der Waals surface area contributed by atoms with E-state index < -0.39 is 17.3 Å². The van der Waals surface area contributed by atoms with E-state index in [1.165, 1.54) is 18.7 Å². The lowest BCUT2D eigenvalue weighted by Crippen LogP contribution is -2.02. The zero-order valence-electron chi connectivity index (χ0n) is 7.75. The summed E-state index contributed by atoms with van der Waals surface area (Å²) in [5, 5.41) is 8.82. The second-order valence-corrected chi connectivity index (χ2v) is 3.62. The van der Waals surface area contributed by atoms with Crippen LogP contribution < -0.4 is 0 Å². The molecule has 0 amide bonds. The minimum Gasteiger partial charge on any atom is -0.478 e. The fourth-order valence-corrected chi connectivity index (χ4v) is 1.70. The van der Waals surface area contributed by atoms with Crippen molar-refractivity contribution in [3.8, 4) is 0 Å². The summed E-state index contributed by atoms with van der Waals surface area (Å²) in [5.41, 5.74) is -0.427. The summed E-state index contributed by atoms with van der Waals surface area (Å²) in [7, 11) is 0. The van der Waals surface area contributed by atoms with Crippen LogP contribution >= 0.6 is 11.8 Å². The summed E-state index contributed by atoms with van der Waals surface area (Å²) in [6, 6.07) is 1.09. The first-order valence-electron chi connectivity index (χ1n) is 4.13. The second kappa shape index (κ2) is 4.31. The average Bonchev–Trinajstić information content (AvgIpc) is 2.73. The maximum Gasteiger partial charge on any atom is 0.338 e. The predicted molar refractivity (Wildman–Crippen MR) is 51.8 cm³/mol. The number of halogens is 1. The Bertz CT molecular complexity index is 515. The van der Waals surface area contributed by atoms with Gasteiger partial charge in [-0.05, 0) is 17.8 Å². The lowest BCUT2D eigenvalue weighted by molar-refractivity contribution is 0.0691. The lowest BCUT2D eigenvalue weighted by Gasteiger charge is -2.01. The van der Waals surface area contributed by atoms with Crippen LogP contribution in [0.2, 0.25) is 0 Å². The number of hydrogen-bond acceptors (Lipinski definition) is 5. The fraction of sp³-hybridized carbons (Fsp3) is 0. The van der Waals surface area contributed by atoms with E-state index in [0.29, 0.717) is 0 Å². The molecule has 2 heterocycles. The number of aromatic nitrogens is 2. The molecule has 0 fully saturated rings. The molecule has 0 unspecified atom stereocenters. The molecule has 0 saturated heterocycles. The van der Waals surface area contributed by atoms with Gasteiger partial charge in [-0.2, -0.15) is 0 Å². The quantitative estimate of drug-likeness (QED) is 0.884. The van der Waals surface area contributed by atoms with E-state index >= 15 is 0 Å². The molecule has 0 aliphatic rings. The highest BCUT2D eigenvalue weighted by Crippen LogP contribution is 2.27. The molecule has 16 heavy (non-hydrogen) atoms. The van der Waals surface area contributed by atoms with E-state index in [0.717, 1.165) is 17.8 Å². The molecule has 7 heteroatoms. The van der Waals surface area contributed by atoms with Crippen LogP contribution in [0.1, 0.15) is 10.4 Å². The van der Waals surface area contributed by atoms with Gasteiger partial charge in [-0.3, -0.25) is 0 Å². The number of carbonyl (C=O) groups is 1. The maximum atomic E-state index is 13.6. The van der Waals surface area contributed by atoms with Crippen molar-refractivity contribution in [1.29, 1.82) is 0 Å². The molecule has 5 nitrogen and oxygen atoms in total. The Hall–Kier alpha value is -1.89. The third-order valence-electron chi connectivity index (χ3n) is 1.68. The number of nitrogens with zero attached hydrogens (tertiary/aromatic N) is 2. The van der Waals surface area contributed by atoms with E-state index in [-0.39, 0.29) is 10.2 Å². The molecule has 0 atom stereocenters. The molecule has 1 N–H and O–H groups in total. The van der Waals surface area contributed by atoms with Gasteiger partial charge in [0, 0.05) is 6.20 Å². The molecule has 0 spiro atoms. The maximum absolute atomic E-state index is 13.6. The third kappa shape index (κ3) is 2.03. The molecule has 0 aliphatic heterocycles. The van der Waals surface area contributed by atoms with Crippen molar-refractivity contribution in [2.45, 2.75) is 10.2 Å². The minimum atomic E-state index is -1.34. The van der Waals surface area contributed by atoms with Gasteiger partial charge in [0.2, 0.25) is 0 Å². The minimum absolute atomic E-state index is 0.0812. The highest BCUT2D eigenvalue weighted by Gasteiger charge is 2.17. The Labute approximate surface area is 93.3 Å². The van der Waals surface area contributed by atoms with Crippen molar-refractivity contribution in [2.24, 2.45) is 0 Å². The standard InChI is InChI=1S/C9H5FN2O3S/c10-6-5(8(13)14)1-2-11-7(6)16-9-12-3-4-15-9/h1-4H,(H,13,14). The Morgan fingerprint density at radius 3 is 2.88 bits per heavy atom. The molecule has 2 aromatic heterocycles. The lowest BCUT2D eigenvalue weighted by atomic mass is 10.3. The summed E-state index contributed by atoms with van der Waals surface area (Å²) >= 11 is 0.825. The number of aromatic carboxylic acids is 1. The summed E-state index contributed by atoms with van der Waals surface area (Å²) < 4.78 is 18.5. The number of rotatable bonds is 3. The number of pyridine rings is 1. The van der Waals surface area contributed by atoms with Gasteiger partial charge in [0.05, 0.1) is 11.8 Å². The van der Waals surface area contributed by atoms with Gasteiger partial charge in [0.1, 0.15) is 11.3 Å². The molecule has 2 aromatic rings. The monoisotopic (exact) mass is 240 g/mol. The molecule has 82 valence electrons. The summed E-state index contributed by atoms with van der Waals surface area (Å²) in [6.07, 6.45) is 3.96. The van der Waals surface area contributed by atoms with E-state index in [4.69, 9.17) is 9.52 Å². The Kier molecular flexibility index (Phi) is 2.86. The fourth-order valence-electron chi connectivity index (χ4n) is 1.00. The second-order valence-electron chi connectivity index (χ2n) is 2.68. The first-order chi connectivity index (χ1) is 7.68. The largest absolute Gasteiger partial charge is 0.478 e. The highest BCUT2D eigenvalue weighted by atomic mass is 32.2. The molecule has 0 radical (unpaired) electrons. The highest BCUT2D eigenvalue weighted by molar-refractivity contribution is 7.99. The van der Waals surface area contributed by atoms with Gasteiger partial charge in [-0.15, -0.1) is 0 Å². The van der Waals surface area contributed by atoms with Crippen LogP contribution in [0.3, 0.4) is 0 Å². The zero-order valence-corrected chi connectivity index (χ0v) is 8.57. The van der Waals surface area contributed by atoms with E-state index in [1.54, 1.807) is 0 Å². The molecule has 0 aromatic carbocycles. The third-order valence-corrected chi connectivity index (χ3v) is 2.54. The SMILES string of the molecule is O=C(O)c1ccnc(Sc2ncco2)c1F. The first-order valence-corrected chi connectivity index (χ1v) is 4.95. The number of oxazole rings is 1. The van der Waals surface area contributed by atoms with E-state index in [2.05, 4.69) is 9.97 Å². The van der Waals surface area contributed by atoms with Gasteiger partial charge >= 0.3 is 5.97 Å². The molecular formula is C9H5FN2O3S. The molecular weight excluding hydrogens is 235 g/mol. The van der Waals surface area contributed by atoms with Gasteiger partial charge < -0.3 is 9.52 Å². The van der Waals surface area contributed by atoms with Crippen LogP contribution in [0.5, 0.6) is 0 Å². The van der Waals surface area contributed by atoms with Gasteiger partial charge in [0.25, 0.3) is 5.22 Å². The van der Waals surface area contributed by atoms with Crippen LogP contribution in [-0.2, 0) is 0 Å². The van der Waals surface area contributed by atoms with Crippen molar-refractivity contribution in [3.05, 3.63) is 36.1 Å². The Balaban J connectivity index is 2.35. The molecule has 0 aliphatic carbocycles. The summed E-state index contributed by atoms with van der Waals surface area (Å²) in [5.74, 6) is -2.23. The van der Waals surface area contributed by atoms with Crippen LogP contribution in [0.4, 0.5) is 4.39 Å². The number of hydrogen-bond donors (Lipinski definition) is 1. The molecule has 0 bridgehead atoms. The molecule has 0 saturated carbocycles.